The van der Waals surface area contributed by atoms with Crippen molar-refractivity contribution in [1.29, 1.82) is 0 Å². The molecule has 1 aromatic heterocycles. The molecule has 108 valence electrons. The number of nitrogens with zero attached hydrogens (tertiary/aromatic N) is 2. The van der Waals surface area contributed by atoms with E-state index in [0.717, 1.165) is 11.3 Å². The van der Waals surface area contributed by atoms with Crippen LogP contribution in [-0.2, 0) is 14.8 Å². The Labute approximate surface area is 121 Å². The van der Waals surface area contributed by atoms with Crippen LogP contribution in [0.2, 0.25) is 4.47 Å². The molecule has 0 radical (unpaired) electrons. The normalized spacial score (nSPS) is 25.7. The van der Waals surface area contributed by atoms with Crippen LogP contribution in [0.25, 0.3) is 0 Å². The number of halogens is 1. The van der Waals surface area contributed by atoms with Crippen LogP contribution in [-0.4, -0.2) is 54.7 Å². The zero-order chi connectivity index (χ0) is 14.2. The quantitative estimate of drug-likeness (QED) is 0.891. The van der Waals surface area contributed by atoms with Crippen molar-refractivity contribution in [3.8, 4) is 0 Å². The fraction of sp³-hybridized carbons (Fsp3) is 0.700. The van der Waals surface area contributed by atoms with Crippen molar-refractivity contribution in [2.75, 3.05) is 19.7 Å². The van der Waals surface area contributed by atoms with Crippen LogP contribution in [0.15, 0.2) is 4.21 Å². The molecule has 2 atom stereocenters. The van der Waals surface area contributed by atoms with Gasteiger partial charge in [0.15, 0.2) is 8.68 Å². The summed E-state index contributed by atoms with van der Waals surface area (Å²) in [7, 11) is -3.63. The van der Waals surface area contributed by atoms with E-state index in [1.54, 1.807) is 13.8 Å². The lowest BCUT2D eigenvalue weighted by Gasteiger charge is -2.34. The van der Waals surface area contributed by atoms with Crippen molar-refractivity contribution in [1.82, 2.24) is 9.29 Å². The number of morpholine rings is 1. The monoisotopic (exact) mass is 326 g/mol. The summed E-state index contributed by atoms with van der Waals surface area (Å²) in [5.41, 5.74) is 0.398. The van der Waals surface area contributed by atoms with Gasteiger partial charge in [0.1, 0.15) is 0 Å². The molecule has 1 saturated heterocycles. The Morgan fingerprint density at radius 3 is 2.79 bits per heavy atom. The average Bonchev–Trinajstić information content (AvgIpc) is 2.68. The minimum absolute atomic E-state index is 0.137. The van der Waals surface area contributed by atoms with Crippen LogP contribution in [0.1, 0.15) is 12.6 Å². The molecule has 1 aliphatic heterocycles. The van der Waals surface area contributed by atoms with E-state index in [9.17, 15) is 8.42 Å². The van der Waals surface area contributed by atoms with Crippen molar-refractivity contribution in [2.24, 2.45) is 0 Å². The Kier molecular flexibility index (Phi) is 4.49. The predicted octanol–water partition coefficient (Wildman–Crippen LogP) is 0.875. The summed E-state index contributed by atoms with van der Waals surface area (Å²) in [6, 6.07) is 0. The number of hydrogen-bond acceptors (Lipinski definition) is 6. The van der Waals surface area contributed by atoms with Crippen molar-refractivity contribution < 1.29 is 18.3 Å². The Hall–Kier alpha value is -0.250. The molecule has 1 fully saturated rings. The molecule has 0 bridgehead atoms. The number of hydrogen-bond donors (Lipinski definition) is 1. The standard InChI is InChI=1S/C10H15ClN2O4S2/c1-6-3-13(4-8(5-14)17-6)19(15,16)9-7(2)12-10(11)18-9/h6,8,14H,3-5H2,1-2H3. The summed E-state index contributed by atoms with van der Waals surface area (Å²) in [4.78, 5) is 3.93. The van der Waals surface area contributed by atoms with Crippen LogP contribution in [0.4, 0.5) is 0 Å². The number of rotatable bonds is 3. The van der Waals surface area contributed by atoms with Crippen LogP contribution < -0.4 is 0 Å². The second-order valence-corrected chi connectivity index (χ2v) is 8.13. The highest BCUT2D eigenvalue weighted by Gasteiger charge is 2.35. The maximum Gasteiger partial charge on any atom is 0.254 e. The molecule has 0 amide bonds. The Bertz CT molecular complexity index is 560. The third-order valence-corrected chi connectivity index (χ3v) is 6.48. The minimum Gasteiger partial charge on any atom is -0.394 e. The predicted molar refractivity (Wildman–Crippen MR) is 72.0 cm³/mol. The summed E-state index contributed by atoms with van der Waals surface area (Å²) in [5.74, 6) is 0. The van der Waals surface area contributed by atoms with Crippen molar-refractivity contribution in [2.45, 2.75) is 30.3 Å². The first-order valence-electron chi connectivity index (χ1n) is 5.74. The lowest BCUT2D eigenvalue weighted by atomic mass is 10.2. The van der Waals surface area contributed by atoms with E-state index in [4.69, 9.17) is 21.4 Å². The maximum atomic E-state index is 12.5. The molecule has 19 heavy (non-hydrogen) atoms. The van der Waals surface area contributed by atoms with Gasteiger partial charge in [-0.2, -0.15) is 4.31 Å². The SMILES string of the molecule is Cc1nc(Cl)sc1S(=O)(=O)N1CC(C)OC(CO)C1. The largest absolute Gasteiger partial charge is 0.394 e. The summed E-state index contributed by atoms with van der Waals surface area (Å²) < 4.78 is 32.2. The van der Waals surface area contributed by atoms with Crippen LogP contribution in [0.5, 0.6) is 0 Å². The van der Waals surface area contributed by atoms with Crippen LogP contribution >= 0.6 is 22.9 Å². The topological polar surface area (TPSA) is 79.7 Å². The molecule has 0 aromatic carbocycles. The van der Waals surface area contributed by atoms with Gasteiger partial charge in [0.25, 0.3) is 10.0 Å². The number of aryl methyl sites for hydroxylation is 1. The highest BCUT2D eigenvalue weighted by molar-refractivity contribution is 7.91. The maximum absolute atomic E-state index is 12.5. The highest BCUT2D eigenvalue weighted by Crippen LogP contribution is 2.30. The molecule has 2 heterocycles. The molecule has 0 saturated carbocycles. The van der Waals surface area contributed by atoms with Gasteiger partial charge in [-0.15, -0.1) is 0 Å². The van der Waals surface area contributed by atoms with Gasteiger partial charge in [0.05, 0.1) is 24.5 Å². The molecule has 1 aromatic rings. The summed E-state index contributed by atoms with van der Waals surface area (Å²) >= 11 is 6.70. The van der Waals surface area contributed by atoms with E-state index >= 15 is 0 Å². The van der Waals surface area contributed by atoms with E-state index in [2.05, 4.69) is 4.98 Å². The van der Waals surface area contributed by atoms with E-state index in [1.807, 2.05) is 0 Å². The molecule has 0 spiro atoms. The smallest absolute Gasteiger partial charge is 0.254 e. The van der Waals surface area contributed by atoms with Gasteiger partial charge >= 0.3 is 0 Å². The van der Waals surface area contributed by atoms with Gasteiger partial charge in [-0.3, -0.25) is 0 Å². The van der Waals surface area contributed by atoms with Crippen molar-refractivity contribution >= 4 is 33.0 Å². The summed E-state index contributed by atoms with van der Waals surface area (Å²) in [6.45, 7) is 3.57. The highest BCUT2D eigenvalue weighted by atomic mass is 35.5. The van der Waals surface area contributed by atoms with E-state index in [1.165, 1.54) is 4.31 Å². The molecule has 1 aliphatic rings. The Morgan fingerprint density at radius 1 is 1.58 bits per heavy atom. The molecular weight excluding hydrogens is 312 g/mol. The third-order valence-electron chi connectivity index (χ3n) is 2.80. The first kappa shape index (κ1) is 15.1. The van der Waals surface area contributed by atoms with Crippen LogP contribution in [0, 0.1) is 6.92 Å². The zero-order valence-electron chi connectivity index (χ0n) is 10.5. The minimum atomic E-state index is -3.63. The van der Waals surface area contributed by atoms with Gasteiger partial charge in [0.2, 0.25) is 0 Å². The molecule has 0 aliphatic carbocycles. The van der Waals surface area contributed by atoms with Gasteiger partial charge < -0.3 is 9.84 Å². The first-order valence-corrected chi connectivity index (χ1v) is 8.37. The number of aliphatic hydroxyl groups excluding tert-OH is 1. The Balaban J connectivity index is 2.31. The second kappa shape index (κ2) is 5.63. The molecule has 6 nitrogen and oxygen atoms in total. The molecule has 2 rings (SSSR count). The number of aliphatic hydroxyl groups is 1. The zero-order valence-corrected chi connectivity index (χ0v) is 12.9. The lowest BCUT2D eigenvalue weighted by molar-refractivity contribution is -0.0750. The van der Waals surface area contributed by atoms with Gasteiger partial charge in [-0.25, -0.2) is 13.4 Å². The number of thiazole rings is 1. The second-order valence-electron chi connectivity index (χ2n) is 4.41. The number of aromatic nitrogens is 1. The van der Waals surface area contributed by atoms with Gasteiger partial charge in [-0.1, -0.05) is 22.9 Å². The van der Waals surface area contributed by atoms with Gasteiger partial charge in [-0.05, 0) is 13.8 Å². The van der Waals surface area contributed by atoms with E-state index in [0.29, 0.717) is 5.69 Å². The molecule has 9 heteroatoms. The first-order chi connectivity index (χ1) is 8.84. The van der Waals surface area contributed by atoms with Gasteiger partial charge in [0, 0.05) is 13.1 Å². The molecule has 1 N–H and O–H groups in total. The fourth-order valence-electron chi connectivity index (χ4n) is 2.01. The van der Waals surface area contributed by atoms with E-state index in [-0.39, 0.29) is 34.5 Å². The Morgan fingerprint density at radius 2 is 2.26 bits per heavy atom. The average molecular weight is 327 g/mol. The van der Waals surface area contributed by atoms with Crippen molar-refractivity contribution in [3.63, 3.8) is 0 Å². The molecular formula is C10H15ClN2O4S2. The number of ether oxygens (including phenoxy) is 1. The number of sulfonamides is 1. The summed E-state index contributed by atoms with van der Waals surface area (Å²) in [6.07, 6.45) is -0.758. The third kappa shape index (κ3) is 3.09. The summed E-state index contributed by atoms with van der Waals surface area (Å²) in [5, 5.41) is 9.14. The van der Waals surface area contributed by atoms with Crippen LogP contribution in [0.3, 0.4) is 0 Å². The van der Waals surface area contributed by atoms with E-state index < -0.39 is 16.1 Å². The fourth-order valence-corrected chi connectivity index (χ4v) is 5.43. The van der Waals surface area contributed by atoms with Crippen molar-refractivity contribution in [3.05, 3.63) is 10.2 Å². The lowest BCUT2D eigenvalue weighted by Crippen LogP contribution is -2.50. The molecule has 2 unspecified atom stereocenters.